The maximum atomic E-state index is 6.68. The first kappa shape index (κ1) is 13.8. The molecule has 1 saturated heterocycles. The highest BCUT2D eigenvalue weighted by Crippen LogP contribution is 2.49. The molecule has 2 aliphatic rings. The number of fused-ring (bicyclic) bond motifs is 3. The summed E-state index contributed by atoms with van der Waals surface area (Å²) in [6, 6.07) is 12.5. The number of hydrogen-bond acceptors (Lipinski definition) is 3. The zero-order valence-corrected chi connectivity index (χ0v) is 13.5. The Bertz CT molecular complexity index is 765. The summed E-state index contributed by atoms with van der Waals surface area (Å²) in [7, 11) is 2.14. The lowest BCUT2D eigenvalue weighted by Gasteiger charge is -2.53. The molecule has 0 aromatic heterocycles. The predicted octanol–water partition coefficient (Wildman–Crippen LogP) is 4.38. The highest BCUT2D eigenvalue weighted by molar-refractivity contribution is 5.95. The predicted molar refractivity (Wildman–Crippen MR) is 91.1 cm³/mol. The van der Waals surface area contributed by atoms with Crippen molar-refractivity contribution >= 4 is 22.7 Å². The van der Waals surface area contributed by atoms with Crippen LogP contribution in [0.25, 0.3) is 10.8 Å². The van der Waals surface area contributed by atoms with Gasteiger partial charge in [-0.15, -0.1) is 0 Å². The summed E-state index contributed by atoms with van der Waals surface area (Å²) in [5, 5.41) is 2.34. The van der Waals surface area contributed by atoms with E-state index in [2.05, 4.69) is 62.2 Å². The van der Waals surface area contributed by atoms with Gasteiger partial charge in [0.1, 0.15) is 5.69 Å². The number of nitrogens with zero attached hydrogens (tertiary/aromatic N) is 2. The van der Waals surface area contributed by atoms with E-state index < -0.39 is 5.72 Å². The maximum absolute atomic E-state index is 6.68. The van der Waals surface area contributed by atoms with Gasteiger partial charge >= 0.3 is 0 Å². The van der Waals surface area contributed by atoms with E-state index in [4.69, 9.17) is 9.73 Å². The third-order valence-electron chi connectivity index (χ3n) is 5.33. The van der Waals surface area contributed by atoms with Gasteiger partial charge in [-0.25, -0.2) is 0 Å². The molecule has 1 fully saturated rings. The fraction of sp³-hybridized carbons (Fsp3) is 0.421. The first-order chi connectivity index (χ1) is 10.5. The molecule has 2 heterocycles. The molecule has 0 aliphatic carbocycles. The van der Waals surface area contributed by atoms with E-state index in [9.17, 15) is 0 Å². The van der Waals surface area contributed by atoms with Gasteiger partial charge in [-0.2, -0.15) is 0 Å². The highest BCUT2D eigenvalue weighted by Gasteiger charge is 2.53. The van der Waals surface area contributed by atoms with Crippen molar-refractivity contribution in [1.29, 1.82) is 0 Å². The maximum Gasteiger partial charge on any atom is 0.204 e. The molecule has 22 heavy (non-hydrogen) atoms. The first-order valence-electron chi connectivity index (χ1n) is 8.01. The zero-order chi connectivity index (χ0) is 15.4. The van der Waals surface area contributed by atoms with Crippen LogP contribution in [0, 0.1) is 5.41 Å². The van der Waals surface area contributed by atoms with Gasteiger partial charge in [-0.1, -0.05) is 44.2 Å². The molecule has 3 nitrogen and oxygen atoms in total. The Balaban J connectivity index is 1.91. The van der Waals surface area contributed by atoms with Crippen molar-refractivity contribution in [2.45, 2.75) is 32.4 Å². The smallest absolute Gasteiger partial charge is 0.204 e. The van der Waals surface area contributed by atoms with Crippen LogP contribution in [0.4, 0.5) is 5.69 Å². The van der Waals surface area contributed by atoms with Gasteiger partial charge in [0.15, 0.2) is 5.75 Å². The van der Waals surface area contributed by atoms with Crippen molar-refractivity contribution in [1.82, 2.24) is 4.90 Å². The van der Waals surface area contributed by atoms with E-state index in [1.165, 1.54) is 11.8 Å². The topological polar surface area (TPSA) is 24.8 Å². The van der Waals surface area contributed by atoms with Crippen molar-refractivity contribution in [2.75, 3.05) is 13.6 Å². The fourth-order valence-corrected chi connectivity index (χ4v) is 3.89. The first-order valence-corrected chi connectivity index (χ1v) is 8.01. The minimum atomic E-state index is -0.456. The van der Waals surface area contributed by atoms with Crippen LogP contribution in [0.5, 0.6) is 5.75 Å². The normalized spacial score (nSPS) is 26.9. The van der Waals surface area contributed by atoms with Gasteiger partial charge in [0, 0.05) is 17.3 Å². The van der Waals surface area contributed by atoms with E-state index in [1.807, 2.05) is 6.21 Å². The molecule has 2 aliphatic heterocycles. The molecule has 0 radical (unpaired) electrons. The van der Waals surface area contributed by atoms with Crippen LogP contribution < -0.4 is 4.74 Å². The fourth-order valence-electron chi connectivity index (χ4n) is 3.89. The number of likely N-dealkylation sites (tertiary alicyclic amines) is 1. The minimum Gasteiger partial charge on any atom is -0.464 e. The molecule has 0 saturated carbocycles. The van der Waals surface area contributed by atoms with Crippen LogP contribution in [0.2, 0.25) is 0 Å². The lowest BCUT2D eigenvalue weighted by Crippen LogP contribution is -2.65. The molecule has 2 aromatic carbocycles. The van der Waals surface area contributed by atoms with E-state index in [0.29, 0.717) is 0 Å². The Morgan fingerprint density at radius 1 is 1.14 bits per heavy atom. The molecule has 4 rings (SSSR count). The Morgan fingerprint density at radius 2 is 1.95 bits per heavy atom. The standard InChI is InChI=1S/C19H22N2O/c1-18(2)11-6-12-21(3)19(18)13-20-16-10-9-14-7-4-5-8-15(14)17(16)22-19/h4-5,7-10,13H,6,11-12H2,1-3H3. The highest BCUT2D eigenvalue weighted by atomic mass is 16.5. The van der Waals surface area contributed by atoms with Crippen molar-refractivity contribution < 1.29 is 4.74 Å². The molecule has 1 spiro atoms. The van der Waals surface area contributed by atoms with Crippen LogP contribution >= 0.6 is 0 Å². The van der Waals surface area contributed by atoms with Gasteiger partial charge in [0.05, 0.1) is 6.21 Å². The third-order valence-corrected chi connectivity index (χ3v) is 5.33. The number of aliphatic imine (C=N–C) groups is 1. The summed E-state index contributed by atoms with van der Waals surface area (Å²) < 4.78 is 6.68. The molecule has 0 bridgehead atoms. The lowest BCUT2D eigenvalue weighted by atomic mass is 9.73. The molecular formula is C19H22N2O. The van der Waals surface area contributed by atoms with E-state index in [-0.39, 0.29) is 5.41 Å². The van der Waals surface area contributed by atoms with Crippen LogP contribution in [0.3, 0.4) is 0 Å². The van der Waals surface area contributed by atoms with Gasteiger partial charge < -0.3 is 4.74 Å². The molecule has 114 valence electrons. The summed E-state index contributed by atoms with van der Waals surface area (Å²) in [6.07, 6.45) is 4.36. The van der Waals surface area contributed by atoms with E-state index >= 15 is 0 Å². The number of rotatable bonds is 0. The van der Waals surface area contributed by atoms with Crippen LogP contribution in [0.1, 0.15) is 26.7 Å². The Labute approximate surface area is 131 Å². The summed E-state index contributed by atoms with van der Waals surface area (Å²) in [5.41, 5.74) is 0.500. The second kappa shape index (κ2) is 4.56. The summed E-state index contributed by atoms with van der Waals surface area (Å²) in [5.74, 6) is 0.919. The Kier molecular flexibility index (Phi) is 2.85. The molecule has 1 unspecified atom stereocenters. The molecular weight excluding hydrogens is 272 g/mol. The average Bonchev–Trinajstić information content (AvgIpc) is 2.52. The number of benzene rings is 2. The Morgan fingerprint density at radius 3 is 2.77 bits per heavy atom. The monoisotopic (exact) mass is 294 g/mol. The van der Waals surface area contributed by atoms with Crippen molar-refractivity contribution in [3.63, 3.8) is 0 Å². The molecule has 1 atom stereocenters. The SMILES string of the molecule is CN1CCCC(C)(C)C12C=Nc1ccc3ccccc3c1O2. The van der Waals surface area contributed by atoms with Gasteiger partial charge in [0.2, 0.25) is 5.72 Å². The lowest BCUT2D eigenvalue weighted by molar-refractivity contribution is -0.121. The minimum absolute atomic E-state index is 0.0259. The molecule has 2 aromatic rings. The zero-order valence-electron chi connectivity index (χ0n) is 13.5. The van der Waals surface area contributed by atoms with Crippen LogP contribution in [-0.2, 0) is 0 Å². The second-order valence-corrected chi connectivity index (χ2v) is 7.10. The van der Waals surface area contributed by atoms with Crippen molar-refractivity contribution in [3.8, 4) is 5.75 Å². The summed E-state index contributed by atoms with van der Waals surface area (Å²) in [4.78, 5) is 7.08. The van der Waals surface area contributed by atoms with Gasteiger partial charge in [-0.05, 0) is 31.3 Å². The van der Waals surface area contributed by atoms with Gasteiger partial charge in [0.25, 0.3) is 0 Å². The van der Waals surface area contributed by atoms with Gasteiger partial charge in [-0.3, -0.25) is 9.89 Å². The molecule has 0 amide bonds. The molecule has 3 heteroatoms. The average molecular weight is 294 g/mol. The molecule has 0 N–H and O–H groups in total. The number of ether oxygens (including phenoxy) is 1. The Hall–Kier alpha value is -1.87. The van der Waals surface area contributed by atoms with Crippen molar-refractivity contribution in [3.05, 3.63) is 36.4 Å². The largest absolute Gasteiger partial charge is 0.464 e. The van der Waals surface area contributed by atoms with E-state index in [0.717, 1.165) is 29.8 Å². The van der Waals surface area contributed by atoms with Crippen LogP contribution in [0.15, 0.2) is 41.4 Å². The van der Waals surface area contributed by atoms with E-state index in [1.54, 1.807) is 0 Å². The summed E-state index contributed by atoms with van der Waals surface area (Å²) in [6.45, 7) is 5.60. The number of piperidine rings is 1. The quantitative estimate of drug-likeness (QED) is 0.720. The third kappa shape index (κ3) is 1.75. The summed E-state index contributed by atoms with van der Waals surface area (Å²) >= 11 is 0. The van der Waals surface area contributed by atoms with Crippen LogP contribution in [-0.4, -0.2) is 30.4 Å². The van der Waals surface area contributed by atoms with Crippen molar-refractivity contribution in [2.24, 2.45) is 10.4 Å². The second-order valence-electron chi connectivity index (χ2n) is 7.10. The number of hydrogen-bond donors (Lipinski definition) is 0.